The Labute approximate surface area is 217 Å². The molecule has 1 N–H and O–H groups in total. The topological polar surface area (TPSA) is 68.1 Å². The Morgan fingerprint density at radius 3 is 2.39 bits per heavy atom. The fourth-order valence-corrected chi connectivity index (χ4v) is 3.83. The van der Waals surface area contributed by atoms with Gasteiger partial charge in [0.1, 0.15) is 12.3 Å². The van der Waals surface area contributed by atoms with Gasteiger partial charge in [0.2, 0.25) is 11.8 Å². The van der Waals surface area contributed by atoms with E-state index in [-0.39, 0.29) is 23.9 Å². The van der Waals surface area contributed by atoms with Crippen LogP contribution in [-0.2, 0) is 17.5 Å². The van der Waals surface area contributed by atoms with Crippen molar-refractivity contribution in [3.63, 3.8) is 0 Å². The first-order valence-corrected chi connectivity index (χ1v) is 12.0. The van der Waals surface area contributed by atoms with Crippen LogP contribution in [0.15, 0.2) is 54.2 Å². The monoisotopic (exact) mass is 533 g/mol. The fourth-order valence-electron chi connectivity index (χ4n) is 3.83. The average Bonchev–Trinajstić information content (AvgIpc) is 3.32. The Morgan fingerprint density at radius 1 is 1.03 bits per heavy atom. The lowest BCUT2D eigenvalue weighted by atomic mass is 10.1. The number of aryl methyl sites for hydroxylation is 1. The highest BCUT2D eigenvalue weighted by atomic mass is 19.4. The second kappa shape index (κ2) is 12.6. The number of allylic oxidation sites excluding steroid dienone is 2. The highest BCUT2D eigenvalue weighted by Crippen LogP contribution is 2.32. The number of aromatic nitrogens is 2. The molecule has 0 radical (unpaired) electrons. The second-order valence-corrected chi connectivity index (χ2v) is 8.61. The van der Waals surface area contributed by atoms with Crippen molar-refractivity contribution >= 4 is 11.5 Å². The molecule has 0 bridgehead atoms. The Bertz CT molecular complexity index is 1300. The number of rotatable bonds is 6. The standard InChI is InChI=1S/C14H10F5NO.C14H18N2O/c1-8-2-4-11(15)13(16)10(8)7-21-12-5-3-9(6-20-12)14(17,18)19;1-3-17-14(15)13-9-5-8-12(16-13)11-7-4-6-10(11)2/h2-6H,7H2,1H3;5,8-9,15H,3-4,6-7H2,1-2H3. The summed E-state index contributed by atoms with van der Waals surface area (Å²) in [5.41, 5.74) is 3.95. The minimum absolute atomic E-state index is 0.00306. The molecule has 0 fully saturated rings. The van der Waals surface area contributed by atoms with E-state index >= 15 is 0 Å². The van der Waals surface area contributed by atoms with Crippen molar-refractivity contribution in [1.29, 1.82) is 5.41 Å². The number of pyridine rings is 2. The van der Waals surface area contributed by atoms with Gasteiger partial charge in [-0.05, 0) is 75.4 Å². The first-order chi connectivity index (χ1) is 18.0. The molecule has 5 nitrogen and oxygen atoms in total. The van der Waals surface area contributed by atoms with Crippen LogP contribution in [-0.4, -0.2) is 22.5 Å². The summed E-state index contributed by atoms with van der Waals surface area (Å²) in [6, 6.07) is 10.00. The van der Waals surface area contributed by atoms with Crippen LogP contribution in [0.1, 0.15) is 61.2 Å². The minimum atomic E-state index is -4.49. The van der Waals surface area contributed by atoms with Crippen LogP contribution in [0.4, 0.5) is 22.0 Å². The summed E-state index contributed by atoms with van der Waals surface area (Å²) in [5, 5.41) is 7.75. The molecule has 2 heterocycles. The van der Waals surface area contributed by atoms with Crippen LogP contribution in [0.2, 0.25) is 0 Å². The zero-order valence-corrected chi connectivity index (χ0v) is 21.3. The molecule has 0 unspecified atom stereocenters. The molecule has 0 aliphatic heterocycles. The first-order valence-electron chi connectivity index (χ1n) is 12.0. The van der Waals surface area contributed by atoms with Gasteiger partial charge in [-0.3, -0.25) is 5.41 Å². The summed E-state index contributed by atoms with van der Waals surface area (Å²) < 4.78 is 74.0. The number of benzene rings is 1. The van der Waals surface area contributed by atoms with E-state index in [4.69, 9.17) is 14.9 Å². The quantitative estimate of drug-likeness (QED) is 0.201. The molecule has 202 valence electrons. The van der Waals surface area contributed by atoms with Gasteiger partial charge in [0.05, 0.1) is 17.9 Å². The van der Waals surface area contributed by atoms with Crippen molar-refractivity contribution in [2.45, 2.75) is 52.8 Å². The Morgan fingerprint density at radius 2 is 1.79 bits per heavy atom. The highest BCUT2D eigenvalue weighted by molar-refractivity contribution is 5.90. The SMILES string of the molecule is CCOC(=N)c1cccc(C2=C(C)CCC2)n1.Cc1ccc(F)c(F)c1COc1ccc(C(F)(F)F)cn1. The van der Waals surface area contributed by atoms with Crippen LogP contribution >= 0.6 is 0 Å². The lowest BCUT2D eigenvalue weighted by Gasteiger charge is -2.10. The summed E-state index contributed by atoms with van der Waals surface area (Å²) in [4.78, 5) is 8.00. The van der Waals surface area contributed by atoms with Crippen molar-refractivity contribution in [3.05, 3.63) is 93.9 Å². The van der Waals surface area contributed by atoms with Crippen LogP contribution in [0, 0.1) is 24.0 Å². The van der Waals surface area contributed by atoms with Gasteiger partial charge in [-0.2, -0.15) is 13.2 Å². The molecule has 0 saturated carbocycles. The maximum Gasteiger partial charge on any atom is 0.417 e. The highest BCUT2D eigenvalue weighted by Gasteiger charge is 2.30. The van der Waals surface area contributed by atoms with Gasteiger partial charge < -0.3 is 9.47 Å². The van der Waals surface area contributed by atoms with E-state index in [1.165, 1.54) is 30.1 Å². The first kappa shape index (κ1) is 28.7. The van der Waals surface area contributed by atoms with E-state index in [0.29, 0.717) is 24.1 Å². The summed E-state index contributed by atoms with van der Waals surface area (Å²) in [6.07, 6.45) is -0.384. The molecule has 10 heteroatoms. The molecule has 3 aromatic rings. The largest absolute Gasteiger partial charge is 0.477 e. The van der Waals surface area contributed by atoms with E-state index < -0.39 is 23.4 Å². The lowest BCUT2D eigenvalue weighted by molar-refractivity contribution is -0.137. The summed E-state index contributed by atoms with van der Waals surface area (Å²) in [5.74, 6) is -2.00. The van der Waals surface area contributed by atoms with Crippen LogP contribution in [0.3, 0.4) is 0 Å². The fraction of sp³-hybridized carbons (Fsp3) is 0.321. The number of halogens is 5. The van der Waals surface area contributed by atoms with Gasteiger partial charge in [0.15, 0.2) is 11.6 Å². The Kier molecular flexibility index (Phi) is 9.55. The molecule has 1 aliphatic carbocycles. The van der Waals surface area contributed by atoms with Gasteiger partial charge in [-0.25, -0.2) is 18.7 Å². The summed E-state index contributed by atoms with van der Waals surface area (Å²) >= 11 is 0. The maximum atomic E-state index is 13.6. The van der Waals surface area contributed by atoms with Crippen LogP contribution in [0.25, 0.3) is 5.57 Å². The Balaban J connectivity index is 0.000000215. The van der Waals surface area contributed by atoms with E-state index in [2.05, 4.69) is 16.9 Å². The third-order valence-electron chi connectivity index (χ3n) is 5.93. The van der Waals surface area contributed by atoms with E-state index in [0.717, 1.165) is 30.3 Å². The molecule has 0 saturated heterocycles. The molecular weight excluding hydrogens is 505 g/mol. The summed E-state index contributed by atoms with van der Waals surface area (Å²) in [7, 11) is 0. The van der Waals surface area contributed by atoms with Crippen molar-refractivity contribution in [2.24, 2.45) is 0 Å². The zero-order valence-electron chi connectivity index (χ0n) is 21.3. The van der Waals surface area contributed by atoms with Crippen LogP contribution < -0.4 is 4.74 Å². The number of nitrogens with zero attached hydrogens (tertiary/aromatic N) is 2. The van der Waals surface area contributed by atoms with Gasteiger partial charge in [-0.15, -0.1) is 0 Å². The van der Waals surface area contributed by atoms with Crippen molar-refractivity contribution in [2.75, 3.05) is 6.61 Å². The molecular formula is C28H28F5N3O2. The average molecular weight is 534 g/mol. The van der Waals surface area contributed by atoms with E-state index in [9.17, 15) is 22.0 Å². The molecule has 0 atom stereocenters. The maximum absolute atomic E-state index is 13.6. The smallest absolute Gasteiger partial charge is 0.417 e. The molecule has 0 spiro atoms. The second-order valence-electron chi connectivity index (χ2n) is 8.61. The predicted octanol–water partition coefficient (Wildman–Crippen LogP) is 7.67. The molecule has 1 aromatic carbocycles. The number of nitrogens with one attached hydrogen (secondary N) is 1. The van der Waals surface area contributed by atoms with Gasteiger partial charge >= 0.3 is 6.18 Å². The third kappa shape index (κ3) is 7.36. The number of alkyl halides is 3. The molecule has 4 rings (SSSR count). The van der Waals surface area contributed by atoms with Crippen molar-refractivity contribution in [1.82, 2.24) is 9.97 Å². The molecule has 0 amide bonds. The van der Waals surface area contributed by atoms with Crippen LogP contribution in [0.5, 0.6) is 5.88 Å². The number of hydrogen-bond donors (Lipinski definition) is 1. The van der Waals surface area contributed by atoms with E-state index in [1.807, 2.05) is 25.1 Å². The zero-order chi connectivity index (χ0) is 27.9. The van der Waals surface area contributed by atoms with Gasteiger partial charge in [-0.1, -0.05) is 17.7 Å². The van der Waals surface area contributed by atoms with Crippen molar-refractivity contribution < 1.29 is 31.4 Å². The van der Waals surface area contributed by atoms with E-state index in [1.54, 1.807) is 6.92 Å². The number of ether oxygens (including phenoxy) is 2. The molecule has 2 aromatic heterocycles. The predicted molar refractivity (Wildman–Crippen MR) is 134 cm³/mol. The van der Waals surface area contributed by atoms with Gasteiger partial charge in [0.25, 0.3) is 0 Å². The summed E-state index contributed by atoms with van der Waals surface area (Å²) in [6.45, 7) is 5.80. The van der Waals surface area contributed by atoms with Crippen molar-refractivity contribution in [3.8, 4) is 5.88 Å². The minimum Gasteiger partial charge on any atom is -0.477 e. The Hall–Kier alpha value is -3.82. The van der Waals surface area contributed by atoms with Gasteiger partial charge in [0, 0.05) is 17.8 Å². The lowest BCUT2D eigenvalue weighted by Crippen LogP contribution is -2.08. The number of hydrogen-bond acceptors (Lipinski definition) is 5. The molecule has 1 aliphatic rings. The third-order valence-corrected chi connectivity index (χ3v) is 5.93. The molecule has 38 heavy (non-hydrogen) atoms. The normalized spacial score (nSPS) is 13.2.